The van der Waals surface area contributed by atoms with E-state index < -0.39 is 18.0 Å². The number of unbranched alkanes of at least 4 members (excludes halogenated alkanes) is 13. The Bertz CT molecular complexity index is 626. The van der Waals surface area contributed by atoms with Crippen LogP contribution in [-0.2, 0) is 23.9 Å². The van der Waals surface area contributed by atoms with E-state index in [0.717, 1.165) is 19.3 Å². The van der Waals surface area contributed by atoms with Crippen molar-refractivity contribution in [3.63, 3.8) is 0 Å². The topological polar surface area (TPSA) is 69.7 Å². The van der Waals surface area contributed by atoms with E-state index in [-0.39, 0.29) is 30.0 Å². The van der Waals surface area contributed by atoms with Gasteiger partial charge >= 0.3 is 11.9 Å². The van der Waals surface area contributed by atoms with Crippen LogP contribution in [0.4, 0.5) is 0 Å². The molecule has 0 amide bonds. The molecule has 0 aromatic heterocycles. The summed E-state index contributed by atoms with van der Waals surface area (Å²) in [5.74, 6) is -1.37. The van der Waals surface area contributed by atoms with Crippen LogP contribution in [0.25, 0.3) is 0 Å². The van der Waals surface area contributed by atoms with Crippen LogP contribution < -0.4 is 0 Å². The Morgan fingerprint density at radius 3 is 1.76 bits per heavy atom. The normalized spacial score (nSPS) is 21.5. The van der Waals surface area contributed by atoms with Crippen LogP contribution in [0.2, 0.25) is 0 Å². The molecule has 0 aromatic rings. The van der Waals surface area contributed by atoms with Gasteiger partial charge in [-0.05, 0) is 19.4 Å². The van der Waals surface area contributed by atoms with Crippen molar-refractivity contribution in [2.45, 2.75) is 136 Å². The van der Waals surface area contributed by atoms with Gasteiger partial charge in [-0.1, -0.05) is 110 Å². The van der Waals surface area contributed by atoms with Crippen molar-refractivity contribution in [2.75, 3.05) is 7.11 Å². The second-order valence-corrected chi connectivity index (χ2v) is 10.4. The van der Waals surface area contributed by atoms with Crippen molar-refractivity contribution in [1.29, 1.82) is 0 Å². The summed E-state index contributed by atoms with van der Waals surface area (Å²) >= 11 is 0. The number of rotatable bonds is 20. The number of Topliss-reactive ketones (excluding diaryl/α,β-unsaturated/α-hetero) is 1. The zero-order chi connectivity index (χ0) is 25.2. The Morgan fingerprint density at radius 2 is 1.29 bits per heavy atom. The molecule has 0 radical (unpaired) electrons. The first kappa shape index (κ1) is 30.4. The molecule has 34 heavy (non-hydrogen) atoms. The number of methoxy groups -OCH3 is 1. The summed E-state index contributed by atoms with van der Waals surface area (Å²) in [6.45, 7) is 5.77. The lowest BCUT2D eigenvalue weighted by Gasteiger charge is -2.31. The zero-order valence-corrected chi connectivity index (χ0v) is 22.4. The van der Waals surface area contributed by atoms with Gasteiger partial charge in [-0.2, -0.15) is 0 Å². The molecule has 0 aliphatic heterocycles. The van der Waals surface area contributed by atoms with Crippen molar-refractivity contribution < 1.29 is 23.9 Å². The molecular formula is C29H50O5. The summed E-state index contributed by atoms with van der Waals surface area (Å²) in [5.41, 5.74) is -0.379. The van der Waals surface area contributed by atoms with Crippen LogP contribution in [0.5, 0.6) is 0 Å². The standard InChI is InChI=1S/C29H50O5/c1-5-6-7-8-9-10-11-12-13-14-15-16-17-18-22-29(3)23-21-25(27(29)28(32)33-4)34-26(31)20-19-24(2)30/h21,23,25,27H,5-20,22H2,1-4H3/t25-,27-,29+/m0/s1. The van der Waals surface area contributed by atoms with Crippen molar-refractivity contribution in [2.24, 2.45) is 11.3 Å². The minimum absolute atomic E-state index is 0.0449. The highest BCUT2D eigenvalue weighted by molar-refractivity contribution is 5.81. The average molecular weight is 479 g/mol. The van der Waals surface area contributed by atoms with E-state index in [4.69, 9.17) is 9.47 Å². The molecule has 3 atom stereocenters. The van der Waals surface area contributed by atoms with E-state index in [1.165, 1.54) is 91.1 Å². The molecule has 0 saturated carbocycles. The summed E-state index contributed by atoms with van der Waals surface area (Å²) in [6, 6.07) is 0. The predicted molar refractivity (Wildman–Crippen MR) is 137 cm³/mol. The fourth-order valence-corrected chi connectivity index (χ4v) is 4.97. The highest BCUT2D eigenvalue weighted by Gasteiger charge is 2.47. The molecule has 0 N–H and O–H groups in total. The second-order valence-electron chi connectivity index (χ2n) is 10.4. The Labute approximate surface area is 208 Å². The van der Waals surface area contributed by atoms with Gasteiger partial charge in [0.25, 0.3) is 0 Å². The van der Waals surface area contributed by atoms with Crippen LogP contribution in [0, 0.1) is 11.3 Å². The lowest BCUT2D eigenvalue weighted by atomic mass is 9.75. The van der Waals surface area contributed by atoms with Gasteiger partial charge in [0.1, 0.15) is 17.8 Å². The van der Waals surface area contributed by atoms with Crippen LogP contribution in [0.1, 0.15) is 130 Å². The summed E-state index contributed by atoms with van der Waals surface area (Å²) in [4.78, 5) is 35.8. The Kier molecular flexibility index (Phi) is 15.8. The maximum absolute atomic E-state index is 12.5. The highest BCUT2D eigenvalue weighted by atomic mass is 16.6. The fraction of sp³-hybridized carbons (Fsp3) is 0.828. The number of ketones is 1. The van der Waals surface area contributed by atoms with Crippen LogP contribution in [-0.4, -0.2) is 30.9 Å². The molecule has 1 rings (SSSR count). The summed E-state index contributed by atoms with van der Waals surface area (Å²) in [6.07, 6.45) is 22.7. The van der Waals surface area contributed by atoms with Crippen LogP contribution in [0.15, 0.2) is 12.2 Å². The molecule has 1 aliphatic rings. The number of carbonyl (C=O) groups is 3. The third-order valence-electron chi connectivity index (χ3n) is 7.18. The van der Waals surface area contributed by atoms with Gasteiger partial charge in [0.05, 0.1) is 13.5 Å². The smallest absolute Gasteiger partial charge is 0.313 e. The number of allylic oxidation sites excluding steroid dienone is 1. The van der Waals surface area contributed by atoms with Crippen LogP contribution >= 0.6 is 0 Å². The molecule has 0 spiro atoms. The van der Waals surface area contributed by atoms with Crippen molar-refractivity contribution >= 4 is 17.7 Å². The van der Waals surface area contributed by atoms with E-state index in [0.29, 0.717) is 0 Å². The Balaban J connectivity index is 2.24. The monoisotopic (exact) mass is 478 g/mol. The van der Waals surface area contributed by atoms with Crippen molar-refractivity contribution in [1.82, 2.24) is 0 Å². The molecule has 0 aromatic carbocycles. The van der Waals surface area contributed by atoms with E-state index in [1.54, 1.807) is 0 Å². The molecule has 5 heteroatoms. The van der Waals surface area contributed by atoms with Crippen molar-refractivity contribution in [3.8, 4) is 0 Å². The number of hydrogen-bond donors (Lipinski definition) is 0. The average Bonchev–Trinajstić information content (AvgIpc) is 3.13. The number of hydrogen-bond acceptors (Lipinski definition) is 5. The Hall–Kier alpha value is -1.65. The van der Waals surface area contributed by atoms with Gasteiger partial charge in [0, 0.05) is 11.8 Å². The van der Waals surface area contributed by atoms with E-state index in [1.807, 2.05) is 12.2 Å². The summed E-state index contributed by atoms with van der Waals surface area (Å²) < 4.78 is 10.6. The highest BCUT2D eigenvalue weighted by Crippen LogP contribution is 2.44. The minimum atomic E-state index is -0.622. The van der Waals surface area contributed by atoms with Crippen LogP contribution in [0.3, 0.4) is 0 Å². The first-order valence-electron chi connectivity index (χ1n) is 13.8. The third-order valence-corrected chi connectivity index (χ3v) is 7.18. The van der Waals surface area contributed by atoms with Gasteiger partial charge in [-0.15, -0.1) is 0 Å². The number of carbonyl (C=O) groups excluding carboxylic acids is 3. The molecule has 1 aliphatic carbocycles. The van der Waals surface area contributed by atoms with Gasteiger partial charge in [0.2, 0.25) is 0 Å². The molecule has 0 saturated heterocycles. The lowest BCUT2D eigenvalue weighted by molar-refractivity contribution is -0.161. The first-order chi connectivity index (χ1) is 16.3. The lowest BCUT2D eigenvalue weighted by Crippen LogP contribution is -2.38. The number of esters is 2. The predicted octanol–water partition coefficient (Wildman–Crippen LogP) is 7.50. The molecule has 0 bridgehead atoms. The molecule has 0 heterocycles. The van der Waals surface area contributed by atoms with E-state index >= 15 is 0 Å². The summed E-state index contributed by atoms with van der Waals surface area (Å²) in [5, 5.41) is 0. The maximum atomic E-state index is 12.5. The van der Waals surface area contributed by atoms with Gasteiger partial charge in [-0.25, -0.2) is 0 Å². The maximum Gasteiger partial charge on any atom is 0.313 e. The van der Waals surface area contributed by atoms with E-state index in [9.17, 15) is 14.4 Å². The molecule has 0 fully saturated rings. The molecule has 196 valence electrons. The molecule has 5 nitrogen and oxygen atoms in total. The quantitative estimate of drug-likeness (QED) is 0.103. The van der Waals surface area contributed by atoms with Crippen molar-refractivity contribution in [3.05, 3.63) is 12.2 Å². The van der Waals surface area contributed by atoms with Gasteiger partial charge in [0.15, 0.2) is 0 Å². The molecule has 0 unspecified atom stereocenters. The first-order valence-corrected chi connectivity index (χ1v) is 13.8. The summed E-state index contributed by atoms with van der Waals surface area (Å²) in [7, 11) is 1.38. The second kappa shape index (κ2) is 17.7. The fourth-order valence-electron chi connectivity index (χ4n) is 4.97. The minimum Gasteiger partial charge on any atom is -0.469 e. The number of ether oxygens (including phenoxy) is 2. The van der Waals surface area contributed by atoms with E-state index in [2.05, 4.69) is 13.8 Å². The van der Waals surface area contributed by atoms with Gasteiger partial charge < -0.3 is 14.3 Å². The SMILES string of the molecule is CCCCCCCCCCCCCCCC[C@]1(C)C=C[C@H](OC(=O)CCC(C)=O)[C@H]1C(=O)OC. The third kappa shape index (κ3) is 12.2. The Morgan fingerprint density at radius 1 is 0.794 bits per heavy atom. The largest absolute Gasteiger partial charge is 0.469 e. The van der Waals surface area contributed by atoms with Gasteiger partial charge in [-0.3, -0.25) is 9.59 Å². The zero-order valence-electron chi connectivity index (χ0n) is 22.4. The molecular weight excluding hydrogens is 428 g/mol.